The van der Waals surface area contributed by atoms with Gasteiger partial charge in [-0.05, 0) is 62.6 Å². The minimum Gasteiger partial charge on any atom is -0.309 e. The summed E-state index contributed by atoms with van der Waals surface area (Å²) in [6, 6.07) is 6.95. The number of nitrogens with one attached hydrogen (secondary N) is 1. The number of aromatic amines is 1. The number of thiophene rings is 1. The number of aryl methyl sites for hydroxylation is 1. The van der Waals surface area contributed by atoms with Gasteiger partial charge in [-0.25, -0.2) is 9.37 Å². The first-order chi connectivity index (χ1) is 16.0. The van der Waals surface area contributed by atoms with E-state index in [0.717, 1.165) is 47.5 Å². The zero-order valence-electron chi connectivity index (χ0n) is 18.5. The maximum absolute atomic E-state index is 14.5. The van der Waals surface area contributed by atoms with Gasteiger partial charge in [0, 0.05) is 10.9 Å². The zero-order valence-corrected chi connectivity index (χ0v) is 20.1. The minimum absolute atomic E-state index is 0.0507. The lowest BCUT2D eigenvalue weighted by Gasteiger charge is -2.17. The van der Waals surface area contributed by atoms with E-state index in [-0.39, 0.29) is 22.7 Å². The van der Waals surface area contributed by atoms with Gasteiger partial charge in [0.15, 0.2) is 11.0 Å². The van der Waals surface area contributed by atoms with Crippen LogP contribution in [0.4, 0.5) is 4.39 Å². The summed E-state index contributed by atoms with van der Waals surface area (Å²) in [5.74, 6) is 1.55. The Kier molecular flexibility index (Phi) is 5.14. The number of hydrogen-bond acceptors (Lipinski definition) is 6. The highest BCUT2D eigenvalue weighted by molar-refractivity contribution is 7.99. The van der Waals surface area contributed by atoms with E-state index < -0.39 is 0 Å². The van der Waals surface area contributed by atoms with Crippen molar-refractivity contribution in [2.24, 2.45) is 5.92 Å². The maximum Gasteiger partial charge on any atom is 0.259 e. The van der Waals surface area contributed by atoms with Crippen molar-refractivity contribution in [3.05, 3.63) is 56.7 Å². The molecule has 6 rings (SSSR count). The highest BCUT2D eigenvalue weighted by Gasteiger charge is 2.32. The summed E-state index contributed by atoms with van der Waals surface area (Å²) < 4.78 is 16.5. The van der Waals surface area contributed by atoms with E-state index in [9.17, 15) is 9.18 Å². The Morgan fingerprint density at radius 3 is 2.85 bits per heavy atom. The van der Waals surface area contributed by atoms with Crippen molar-refractivity contribution >= 4 is 33.3 Å². The molecule has 0 amide bonds. The van der Waals surface area contributed by atoms with Crippen LogP contribution in [0.3, 0.4) is 0 Å². The smallest absolute Gasteiger partial charge is 0.259 e. The lowest BCUT2D eigenvalue weighted by atomic mass is 9.89. The van der Waals surface area contributed by atoms with Crippen molar-refractivity contribution in [1.29, 1.82) is 0 Å². The monoisotopic (exact) mass is 481 g/mol. The number of H-pyrrole nitrogens is 1. The van der Waals surface area contributed by atoms with Gasteiger partial charge in [-0.1, -0.05) is 30.8 Å². The van der Waals surface area contributed by atoms with Crippen LogP contribution in [0.25, 0.3) is 21.6 Å². The van der Waals surface area contributed by atoms with Gasteiger partial charge >= 0.3 is 0 Å². The van der Waals surface area contributed by atoms with E-state index in [1.807, 2.05) is 17.6 Å². The van der Waals surface area contributed by atoms with Crippen LogP contribution in [0.1, 0.15) is 60.7 Å². The van der Waals surface area contributed by atoms with E-state index in [0.29, 0.717) is 23.1 Å². The first kappa shape index (κ1) is 21.0. The van der Waals surface area contributed by atoms with E-state index in [4.69, 9.17) is 4.98 Å². The Morgan fingerprint density at radius 2 is 2.06 bits per heavy atom. The molecule has 2 atom stereocenters. The highest BCUT2D eigenvalue weighted by Crippen LogP contribution is 2.44. The molecule has 0 aliphatic heterocycles. The predicted octanol–water partition coefficient (Wildman–Crippen LogP) is 5.70. The number of aromatic nitrogens is 5. The molecule has 0 saturated heterocycles. The largest absolute Gasteiger partial charge is 0.309 e. The second-order valence-electron chi connectivity index (χ2n) is 9.13. The molecule has 9 heteroatoms. The van der Waals surface area contributed by atoms with Crippen LogP contribution in [-0.4, -0.2) is 24.7 Å². The maximum atomic E-state index is 14.5. The van der Waals surface area contributed by atoms with Gasteiger partial charge < -0.3 is 4.98 Å². The molecule has 1 saturated carbocycles. The van der Waals surface area contributed by atoms with Gasteiger partial charge in [0.2, 0.25) is 0 Å². The molecule has 2 aliphatic rings. The molecule has 1 aromatic carbocycles. The van der Waals surface area contributed by atoms with Crippen LogP contribution in [0.15, 0.2) is 34.2 Å². The zero-order chi connectivity index (χ0) is 22.7. The second kappa shape index (κ2) is 8.06. The first-order valence-corrected chi connectivity index (χ1v) is 13.1. The summed E-state index contributed by atoms with van der Waals surface area (Å²) in [5.41, 5.74) is 1.60. The second-order valence-corrected chi connectivity index (χ2v) is 11.5. The lowest BCUT2D eigenvalue weighted by molar-refractivity contribution is 0.509. The third-order valence-corrected chi connectivity index (χ3v) is 8.76. The quantitative estimate of drug-likeness (QED) is 0.370. The first-order valence-electron chi connectivity index (χ1n) is 11.4. The van der Waals surface area contributed by atoms with Crippen molar-refractivity contribution < 1.29 is 4.39 Å². The Hall–Kier alpha value is -2.52. The molecule has 0 spiro atoms. The molecule has 1 N–H and O–H groups in total. The van der Waals surface area contributed by atoms with Crippen molar-refractivity contribution in [3.8, 4) is 11.4 Å². The molecule has 0 radical (unpaired) electrons. The molecule has 3 heterocycles. The van der Waals surface area contributed by atoms with Crippen LogP contribution in [0.2, 0.25) is 0 Å². The number of halogens is 1. The average Bonchev–Trinajstić information content (AvgIpc) is 3.44. The fourth-order valence-corrected chi connectivity index (χ4v) is 6.98. The number of nitrogens with zero attached hydrogens (tertiary/aromatic N) is 4. The third kappa shape index (κ3) is 3.71. The summed E-state index contributed by atoms with van der Waals surface area (Å²) in [5, 5.41) is 10.1. The van der Waals surface area contributed by atoms with E-state index in [1.165, 1.54) is 28.3 Å². The molecule has 170 valence electrons. The number of benzene rings is 1. The van der Waals surface area contributed by atoms with Crippen molar-refractivity contribution in [2.75, 3.05) is 0 Å². The molecular formula is C24H24FN5OS2. The molecular weight excluding hydrogens is 457 g/mol. The van der Waals surface area contributed by atoms with Gasteiger partial charge in [-0.2, -0.15) is 0 Å². The van der Waals surface area contributed by atoms with Gasteiger partial charge in [0.1, 0.15) is 16.5 Å². The van der Waals surface area contributed by atoms with Crippen LogP contribution < -0.4 is 5.56 Å². The van der Waals surface area contributed by atoms with Gasteiger partial charge in [0.25, 0.3) is 5.56 Å². The standard InChI is InChI=1S/C24H24FN5OS2/c1-12-7-10-16-18(11-12)33-23-19(16)22(31)26-20(27-23)13(2)32-24-29-28-21(30(24)14-8-9-14)15-5-3-4-6-17(15)25/h3-6,12-14H,7-11H2,1-2H3,(H,26,27,31). The molecule has 0 bridgehead atoms. The average molecular weight is 482 g/mol. The number of hydrogen-bond donors (Lipinski definition) is 1. The van der Waals surface area contributed by atoms with Crippen molar-refractivity contribution in [2.45, 2.75) is 62.4 Å². The number of fused-ring (bicyclic) bond motifs is 3. The summed E-state index contributed by atoms with van der Waals surface area (Å²) in [6.07, 6.45) is 5.16. The van der Waals surface area contributed by atoms with Crippen LogP contribution >= 0.6 is 23.1 Å². The van der Waals surface area contributed by atoms with Crippen LogP contribution in [-0.2, 0) is 12.8 Å². The fourth-order valence-electron chi connectivity index (χ4n) is 4.62. The Balaban J connectivity index is 1.35. The Labute approximate surface area is 198 Å². The van der Waals surface area contributed by atoms with E-state index in [2.05, 4.69) is 22.1 Å². The van der Waals surface area contributed by atoms with Gasteiger partial charge in [-0.15, -0.1) is 21.5 Å². The van der Waals surface area contributed by atoms with Gasteiger partial charge in [-0.3, -0.25) is 9.36 Å². The molecule has 2 aliphatic carbocycles. The summed E-state index contributed by atoms with van der Waals surface area (Å²) in [7, 11) is 0. The van der Waals surface area contributed by atoms with Crippen molar-refractivity contribution in [3.63, 3.8) is 0 Å². The van der Waals surface area contributed by atoms with Crippen LogP contribution in [0.5, 0.6) is 0 Å². The SMILES string of the molecule is CC1CCc2c(sc3nc(C(C)Sc4nnc(-c5ccccc5F)n4C4CC4)[nH]c(=O)c23)C1. The van der Waals surface area contributed by atoms with E-state index >= 15 is 0 Å². The summed E-state index contributed by atoms with van der Waals surface area (Å²) in [6.45, 7) is 4.28. The van der Waals surface area contributed by atoms with Crippen molar-refractivity contribution in [1.82, 2.24) is 24.7 Å². The Morgan fingerprint density at radius 1 is 1.24 bits per heavy atom. The number of thioether (sulfide) groups is 1. The third-order valence-electron chi connectivity index (χ3n) is 6.54. The van der Waals surface area contributed by atoms with Crippen LogP contribution in [0, 0.1) is 11.7 Å². The lowest BCUT2D eigenvalue weighted by Crippen LogP contribution is -2.15. The normalized spacial score (nSPS) is 19.1. The topological polar surface area (TPSA) is 76.5 Å². The summed E-state index contributed by atoms with van der Waals surface area (Å²) >= 11 is 3.17. The highest BCUT2D eigenvalue weighted by atomic mass is 32.2. The Bertz CT molecular complexity index is 1420. The minimum atomic E-state index is -0.302. The summed E-state index contributed by atoms with van der Waals surface area (Å²) in [4.78, 5) is 23.0. The molecule has 4 aromatic rings. The molecule has 2 unspecified atom stereocenters. The molecule has 1 fully saturated rings. The number of rotatable bonds is 5. The van der Waals surface area contributed by atoms with E-state index in [1.54, 1.807) is 23.5 Å². The molecule has 33 heavy (non-hydrogen) atoms. The molecule has 3 aromatic heterocycles. The molecule has 6 nitrogen and oxygen atoms in total. The van der Waals surface area contributed by atoms with Gasteiger partial charge in [0.05, 0.1) is 16.2 Å². The fraction of sp³-hybridized carbons (Fsp3) is 0.417. The predicted molar refractivity (Wildman–Crippen MR) is 129 cm³/mol.